The van der Waals surface area contributed by atoms with E-state index in [0.29, 0.717) is 12.3 Å². The van der Waals surface area contributed by atoms with Gasteiger partial charge in [0, 0.05) is 13.5 Å². The number of nitrogens with zero attached hydrogens (tertiary/aromatic N) is 1. The molecule has 0 radical (unpaired) electrons. The maximum absolute atomic E-state index is 11.8. The molecule has 104 valence electrons. The number of nitrogens with two attached hydrogens (primary N) is 1. The second kappa shape index (κ2) is 7.56. The molecule has 0 heterocycles. The van der Waals surface area contributed by atoms with Crippen LogP contribution >= 0.6 is 0 Å². The highest BCUT2D eigenvalue weighted by Gasteiger charge is 2.14. The molecule has 0 saturated carbocycles. The summed E-state index contributed by atoms with van der Waals surface area (Å²) in [5.41, 5.74) is 6.35. The van der Waals surface area contributed by atoms with Crippen molar-refractivity contribution in [1.82, 2.24) is 4.90 Å². The van der Waals surface area contributed by atoms with E-state index in [1.807, 2.05) is 18.2 Å². The van der Waals surface area contributed by atoms with Gasteiger partial charge < -0.3 is 10.6 Å². The zero-order valence-corrected chi connectivity index (χ0v) is 11.6. The molecular formula is C15H22N2O2. The van der Waals surface area contributed by atoms with Gasteiger partial charge in [0.1, 0.15) is 0 Å². The minimum atomic E-state index is -0.479. The Hall–Kier alpha value is -1.84. The first-order valence-corrected chi connectivity index (χ1v) is 6.55. The minimum Gasteiger partial charge on any atom is -0.368 e. The van der Waals surface area contributed by atoms with Crippen LogP contribution in [0.3, 0.4) is 0 Å². The number of benzene rings is 1. The van der Waals surface area contributed by atoms with Crippen molar-refractivity contribution in [1.29, 1.82) is 0 Å². The number of likely N-dealkylation sites (N-methyl/N-ethyl adjacent to an activating group) is 1. The van der Waals surface area contributed by atoms with Crippen LogP contribution in [-0.4, -0.2) is 30.3 Å². The number of carbonyl (C=O) groups is 2. The van der Waals surface area contributed by atoms with Crippen molar-refractivity contribution in [3.05, 3.63) is 35.9 Å². The molecule has 1 atom stereocenters. The van der Waals surface area contributed by atoms with E-state index in [1.54, 1.807) is 7.05 Å². The Labute approximate surface area is 114 Å². The van der Waals surface area contributed by atoms with Crippen LogP contribution < -0.4 is 5.73 Å². The van der Waals surface area contributed by atoms with Crippen LogP contribution in [0.25, 0.3) is 0 Å². The SMILES string of the molecule is C[C@H](CCc1ccccc1)CC(=O)N(C)CC(N)=O. The second-order valence-corrected chi connectivity index (χ2v) is 5.05. The van der Waals surface area contributed by atoms with Crippen LogP contribution in [0, 0.1) is 5.92 Å². The first-order chi connectivity index (χ1) is 8.99. The third-order valence-electron chi connectivity index (χ3n) is 3.11. The van der Waals surface area contributed by atoms with Crippen LogP contribution in [0.2, 0.25) is 0 Å². The number of rotatable bonds is 7. The van der Waals surface area contributed by atoms with Gasteiger partial charge in [-0.05, 0) is 24.3 Å². The highest BCUT2D eigenvalue weighted by atomic mass is 16.2. The second-order valence-electron chi connectivity index (χ2n) is 5.05. The number of primary amides is 1. The first-order valence-electron chi connectivity index (χ1n) is 6.55. The van der Waals surface area contributed by atoms with Gasteiger partial charge in [0.15, 0.2) is 0 Å². The van der Waals surface area contributed by atoms with Gasteiger partial charge in [-0.15, -0.1) is 0 Å². The molecule has 19 heavy (non-hydrogen) atoms. The Bertz CT molecular complexity index is 417. The van der Waals surface area contributed by atoms with Gasteiger partial charge in [0.05, 0.1) is 6.54 Å². The van der Waals surface area contributed by atoms with E-state index in [2.05, 4.69) is 19.1 Å². The number of carbonyl (C=O) groups excluding carboxylic acids is 2. The van der Waals surface area contributed by atoms with Gasteiger partial charge in [-0.1, -0.05) is 37.3 Å². The van der Waals surface area contributed by atoms with Gasteiger partial charge >= 0.3 is 0 Å². The third-order valence-corrected chi connectivity index (χ3v) is 3.11. The topological polar surface area (TPSA) is 63.4 Å². The number of hydrogen-bond donors (Lipinski definition) is 1. The smallest absolute Gasteiger partial charge is 0.237 e. The van der Waals surface area contributed by atoms with Crippen LogP contribution in [-0.2, 0) is 16.0 Å². The van der Waals surface area contributed by atoms with E-state index in [9.17, 15) is 9.59 Å². The Morgan fingerprint density at radius 1 is 1.26 bits per heavy atom. The van der Waals surface area contributed by atoms with Crippen molar-refractivity contribution in [2.24, 2.45) is 11.7 Å². The number of amides is 2. The molecule has 2 N–H and O–H groups in total. The lowest BCUT2D eigenvalue weighted by atomic mass is 9.98. The maximum atomic E-state index is 11.8. The normalized spacial score (nSPS) is 11.9. The van der Waals surface area contributed by atoms with Crippen molar-refractivity contribution in [2.75, 3.05) is 13.6 Å². The first kappa shape index (κ1) is 15.2. The van der Waals surface area contributed by atoms with Gasteiger partial charge in [-0.3, -0.25) is 9.59 Å². The average Bonchev–Trinajstić information content (AvgIpc) is 2.36. The molecule has 0 aliphatic rings. The Balaban J connectivity index is 2.32. The van der Waals surface area contributed by atoms with Crippen LogP contribution in [0.4, 0.5) is 0 Å². The summed E-state index contributed by atoms with van der Waals surface area (Å²) >= 11 is 0. The molecule has 0 saturated heterocycles. The third kappa shape index (κ3) is 6.04. The highest BCUT2D eigenvalue weighted by molar-refractivity contribution is 5.83. The summed E-state index contributed by atoms with van der Waals surface area (Å²) in [5.74, 6) is -0.213. The minimum absolute atomic E-state index is 0.00968. The van der Waals surface area contributed by atoms with Gasteiger partial charge in [0.25, 0.3) is 0 Å². The van der Waals surface area contributed by atoms with Gasteiger partial charge in [-0.2, -0.15) is 0 Å². The average molecular weight is 262 g/mol. The van der Waals surface area contributed by atoms with E-state index in [0.717, 1.165) is 12.8 Å². The molecule has 1 aromatic rings. The van der Waals surface area contributed by atoms with Crippen LogP contribution in [0.15, 0.2) is 30.3 Å². The maximum Gasteiger partial charge on any atom is 0.237 e. The Morgan fingerprint density at radius 2 is 1.89 bits per heavy atom. The van der Waals surface area contributed by atoms with E-state index in [-0.39, 0.29) is 12.5 Å². The predicted octanol–water partition coefficient (Wildman–Crippen LogP) is 1.59. The Morgan fingerprint density at radius 3 is 2.47 bits per heavy atom. The molecule has 2 amide bonds. The summed E-state index contributed by atoms with van der Waals surface area (Å²) in [6.45, 7) is 2.04. The molecule has 0 aliphatic heterocycles. The lowest BCUT2D eigenvalue weighted by Crippen LogP contribution is -2.36. The summed E-state index contributed by atoms with van der Waals surface area (Å²) in [6, 6.07) is 10.2. The van der Waals surface area contributed by atoms with Crippen molar-refractivity contribution in [3.63, 3.8) is 0 Å². The summed E-state index contributed by atoms with van der Waals surface area (Å²) in [5, 5.41) is 0. The molecule has 1 aromatic carbocycles. The fourth-order valence-corrected chi connectivity index (χ4v) is 1.94. The number of hydrogen-bond acceptors (Lipinski definition) is 2. The summed E-state index contributed by atoms with van der Waals surface area (Å²) in [6.07, 6.45) is 2.38. The monoisotopic (exact) mass is 262 g/mol. The lowest BCUT2D eigenvalue weighted by molar-refractivity contribution is -0.134. The molecule has 0 fully saturated rings. The Kier molecular flexibility index (Phi) is 6.06. The van der Waals surface area contributed by atoms with E-state index in [1.165, 1.54) is 10.5 Å². The van der Waals surface area contributed by atoms with Gasteiger partial charge in [0.2, 0.25) is 11.8 Å². The quantitative estimate of drug-likeness (QED) is 0.811. The van der Waals surface area contributed by atoms with Crippen LogP contribution in [0.5, 0.6) is 0 Å². The fourth-order valence-electron chi connectivity index (χ4n) is 1.94. The lowest BCUT2D eigenvalue weighted by Gasteiger charge is -2.18. The molecular weight excluding hydrogens is 240 g/mol. The zero-order valence-electron chi connectivity index (χ0n) is 11.6. The molecule has 0 aromatic heterocycles. The summed E-state index contributed by atoms with van der Waals surface area (Å²) < 4.78 is 0. The van der Waals surface area contributed by atoms with Crippen LogP contribution in [0.1, 0.15) is 25.3 Å². The fraction of sp³-hybridized carbons (Fsp3) is 0.467. The molecule has 4 heteroatoms. The molecule has 0 aliphatic carbocycles. The molecule has 0 bridgehead atoms. The van der Waals surface area contributed by atoms with Gasteiger partial charge in [-0.25, -0.2) is 0 Å². The number of aryl methyl sites for hydroxylation is 1. The van der Waals surface area contributed by atoms with E-state index < -0.39 is 5.91 Å². The van der Waals surface area contributed by atoms with E-state index >= 15 is 0 Å². The molecule has 0 unspecified atom stereocenters. The van der Waals surface area contributed by atoms with Crippen molar-refractivity contribution in [2.45, 2.75) is 26.2 Å². The predicted molar refractivity (Wildman–Crippen MR) is 75.4 cm³/mol. The summed E-state index contributed by atoms with van der Waals surface area (Å²) in [4.78, 5) is 23.9. The molecule has 0 spiro atoms. The van der Waals surface area contributed by atoms with E-state index in [4.69, 9.17) is 5.73 Å². The standard InChI is InChI=1S/C15H22N2O2/c1-12(8-9-13-6-4-3-5-7-13)10-15(19)17(2)11-14(16)18/h3-7,12H,8-11H2,1-2H3,(H2,16,18)/t12-/m1/s1. The molecule has 1 rings (SSSR count). The summed E-state index contributed by atoms with van der Waals surface area (Å²) in [7, 11) is 1.61. The molecule has 4 nitrogen and oxygen atoms in total. The largest absolute Gasteiger partial charge is 0.368 e. The highest BCUT2D eigenvalue weighted by Crippen LogP contribution is 2.13. The van der Waals surface area contributed by atoms with Crippen molar-refractivity contribution in [3.8, 4) is 0 Å². The zero-order chi connectivity index (χ0) is 14.3. The van der Waals surface area contributed by atoms with Crippen molar-refractivity contribution >= 4 is 11.8 Å². The van der Waals surface area contributed by atoms with Crippen molar-refractivity contribution < 1.29 is 9.59 Å².